The Labute approximate surface area is 140 Å². The van der Waals surface area contributed by atoms with Gasteiger partial charge in [-0.15, -0.1) is 0 Å². The molecule has 2 rings (SSSR count). The van der Waals surface area contributed by atoms with Crippen LogP contribution < -0.4 is 9.46 Å². The number of anilines is 1. The van der Waals surface area contributed by atoms with Gasteiger partial charge in [-0.2, -0.15) is 13.2 Å². The molecule has 0 aromatic heterocycles. The van der Waals surface area contributed by atoms with Crippen molar-refractivity contribution in [2.75, 3.05) is 11.8 Å². The molecule has 0 saturated heterocycles. The van der Waals surface area contributed by atoms with Gasteiger partial charge in [-0.3, -0.25) is 14.8 Å². The van der Waals surface area contributed by atoms with Crippen LogP contribution in [0.1, 0.15) is 5.56 Å². The number of nitro benzene ring substituents is 1. The number of rotatable bonds is 5. The van der Waals surface area contributed by atoms with Crippen molar-refractivity contribution >= 4 is 21.4 Å². The van der Waals surface area contributed by atoms with Crippen LogP contribution in [0.25, 0.3) is 0 Å². The summed E-state index contributed by atoms with van der Waals surface area (Å²) in [5, 5.41) is 10.7. The van der Waals surface area contributed by atoms with Crippen LogP contribution >= 0.6 is 0 Å². The van der Waals surface area contributed by atoms with Crippen molar-refractivity contribution in [2.24, 2.45) is 0 Å². The summed E-state index contributed by atoms with van der Waals surface area (Å²) in [6.07, 6.45) is -4.63. The number of alkyl halides is 3. The molecule has 0 atom stereocenters. The number of nitrogens with zero attached hydrogens (tertiary/aromatic N) is 1. The molecule has 25 heavy (non-hydrogen) atoms. The predicted molar refractivity (Wildman–Crippen MR) is 81.9 cm³/mol. The fourth-order valence-corrected chi connectivity index (χ4v) is 3.16. The second kappa shape index (κ2) is 6.59. The SMILES string of the molecule is COc1cc([N+](=O)[O-])ccc1S(=O)(=O)Nc1cccc(C(F)(F)F)c1. The van der Waals surface area contributed by atoms with E-state index in [4.69, 9.17) is 4.74 Å². The largest absolute Gasteiger partial charge is 0.495 e. The Balaban J connectivity index is 2.42. The third kappa shape index (κ3) is 4.18. The van der Waals surface area contributed by atoms with E-state index < -0.39 is 37.3 Å². The highest BCUT2D eigenvalue weighted by molar-refractivity contribution is 7.92. The average Bonchev–Trinajstić information content (AvgIpc) is 2.53. The Morgan fingerprint density at radius 3 is 2.40 bits per heavy atom. The number of nitro groups is 1. The Morgan fingerprint density at radius 1 is 1.16 bits per heavy atom. The Morgan fingerprint density at radius 2 is 1.84 bits per heavy atom. The Hall–Kier alpha value is -2.82. The van der Waals surface area contributed by atoms with Gasteiger partial charge in [0, 0.05) is 11.8 Å². The molecule has 0 aliphatic carbocycles. The number of halogens is 3. The van der Waals surface area contributed by atoms with Gasteiger partial charge in [-0.25, -0.2) is 8.42 Å². The molecule has 11 heteroatoms. The zero-order chi connectivity index (χ0) is 18.8. The van der Waals surface area contributed by atoms with E-state index in [9.17, 15) is 31.7 Å². The van der Waals surface area contributed by atoms with E-state index >= 15 is 0 Å². The molecule has 0 unspecified atom stereocenters. The number of benzene rings is 2. The van der Waals surface area contributed by atoms with Crippen molar-refractivity contribution in [2.45, 2.75) is 11.1 Å². The molecular weight excluding hydrogens is 365 g/mol. The van der Waals surface area contributed by atoms with E-state index in [1.165, 1.54) is 0 Å². The summed E-state index contributed by atoms with van der Waals surface area (Å²) < 4.78 is 69.7. The minimum absolute atomic E-state index is 0.310. The molecule has 0 aliphatic rings. The molecule has 0 aliphatic heterocycles. The van der Waals surface area contributed by atoms with Crippen molar-refractivity contribution in [3.63, 3.8) is 0 Å². The highest BCUT2D eigenvalue weighted by atomic mass is 32.2. The molecule has 0 heterocycles. The number of sulfonamides is 1. The van der Waals surface area contributed by atoms with Gasteiger partial charge >= 0.3 is 6.18 Å². The minimum Gasteiger partial charge on any atom is -0.495 e. The van der Waals surface area contributed by atoms with E-state index in [-0.39, 0.29) is 11.4 Å². The van der Waals surface area contributed by atoms with Crippen LogP contribution in [0.5, 0.6) is 5.75 Å². The third-order valence-corrected chi connectivity index (χ3v) is 4.51. The van der Waals surface area contributed by atoms with Crippen molar-refractivity contribution in [3.8, 4) is 5.75 Å². The van der Waals surface area contributed by atoms with E-state index in [2.05, 4.69) is 0 Å². The summed E-state index contributed by atoms with van der Waals surface area (Å²) in [6.45, 7) is 0. The Bertz CT molecular complexity index is 913. The first-order chi connectivity index (χ1) is 11.5. The number of hydrogen-bond donors (Lipinski definition) is 1. The standard InChI is InChI=1S/C14H11F3N2O5S/c1-24-12-8-11(19(20)21)5-6-13(12)25(22,23)18-10-4-2-3-9(7-10)14(15,16)17/h2-8,18H,1H3. The molecule has 0 amide bonds. The summed E-state index contributed by atoms with van der Waals surface area (Å²) in [7, 11) is -3.21. The maximum atomic E-state index is 12.7. The zero-order valence-corrected chi connectivity index (χ0v) is 13.4. The van der Waals surface area contributed by atoms with Crippen LogP contribution in [-0.4, -0.2) is 20.5 Å². The first-order valence-electron chi connectivity index (χ1n) is 6.57. The smallest absolute Gasteiger partial charge is 0.416 e. The van der Waals surface area contributed by atoms with Gasteiger partial charge in [-0.05, 0) is 24.3 Å². The molecule has 0 radical (unpaired) electrons. The van der Waals surface area contributed by atoms with Gasteiger partial charge in [0.05, 0.1) is 23.7 Å². The maximum Gasteiger partial charge on any atom is 0.416 e. The van der Waals surface area contributed by atoms with Gasteiger partial charge in [0.15, 0.2) is 0 Å². The van der Waals surface area contributed by atoms with Gasteiger partial charge in [0.2, 0.25) is 0 Å². The fourth-order valence-electron chi connectivity index (χ4n) is 1.96. The molecule has 134 valence electrons. The topological polar surface area (TPSA) is 98.5 Å². The fraction of sp³-hybridized carbons (Fsp3) is 0.143. The lowest BCUT2D eigenvalue weighted by atomic mass is 10.2. The number of methoxy groups -OCH3 is 1. The molecule has 0 fully saturated rings. The van der Waals surface area contributed by atoms with Crippen molar-refractivity contribution < 1.29 is 31.2 Å². The predicted octanol–water partition coefficient (Wildman–Crippen LogP) is 3.42. The van der Waals surface area contributed by atoms with Gasteiger partial charge in [0.25, 0.3) is 15.7 Å². The summed E-state index contributed by atoms with van der Waals surface area (Å²) in [6, 6.07) is 6.41. The van der Waals surface area contributed by atoms with Crippen molar-refractivity contribution in [3.05, 3.63) is 58.1 Å². The molecular formula is C14H11F3N2O5S. The number of non-ortho nitro benzene ring substituents is 1. The minimum atomic E-state index is -4.63. The molecule has 2 aromatic rings. The van der Waals surface area contributed by atoms with Crippen LogP contribution in [0.3, 0.4) is 0 Å². The average molecular weight is 376 g/mol. The normalized spacial score (nSPS) is 11.8. The summed E-state index contributed by atoms with van der Waals surface area (Å²) in [4.78, 5) is 9.55. The van der Waals surface area contributed by atoms with Crippen LogP contribution in [0.4, 0.5) is 24.5 Å². The first-order valence-corrected chi connectivity index (χ1v) is 8.05. The van der Waals surface area contributed by atoms with Gasteiger partial charge in [0.1, 0.15) is 10.6 Å². The zero-order valence-electron chi connectivity index (χ0n) is 12.6. The third-order valence-electron chi connectivity index (χ3n) is 3.09. The second-order valence-electron chi connectivity index (χ2n) is 4.78. The van der Waals surface area contributed by atoms with Gasteiger partial charge < -0.3 is 4.74 Å². The second-order valence-corrected chi connectivity index (χ2v) is 6.43. The quantitative estimate of drug-likeness (QED) is 0.637. The molecule has 0 bridgehead atoms. The molecule has 0 saturated carbocycles. The van der Waals surface area contributed by atoms with Crippen LogP contribution in [-0.2, 0) is 16.2 Å². The number of hydrogen-bond acceptors (Lipinski definition) is 5. The molecule has 1 N–H and O–H groups in total. The van der Waals surface area contributed by atoms with Crippen LogP contribution in [0.15, 0.2) is 47.4 Å². The van der Waals surface area contributed by atoms with E-state index in [1.54, 1.807) is 0 Å². The van der Waals surface area contributed by atoms with Crippen LogP contribution in [0.2, 0.25) is 0 Å². The van der Waals surface area contributed by atoms with Crippen molar-refractivity contribution in [1.29, 1.82) is 0 Å². The lowest BCUT2D eigenvalue weighted by Gasteiger charge is -2.13. The first kappa shape index (κ1) is 18.5. The van der Waals surface area contributed by atoms with E-state index in [0.29, 0.717) is 6.07 Å². The van der Waals surface area contributed by atoms with Gasteiger partial charge in [-0.1, -0.05) is 6.07 Å². The monoisotopic (exact) mass is 376 g/mol. The highest BCUT2D eigenvalue weighted by Crippen LogP contribution is 2.33. The number of nitrogens with one attached hydrogen (secondary N) is 1. The lowest BCUT2D eigenvalue weighted by molar-refractivity contribution is -0.385. The summed E-state index contributed by atoms with van der Waals surface area (Å²) in [5.74, 6) is -0.311. The summed E-state index contributed by atoms with van der Waals surface area (Å²) >= 11 is 0. The highest BCUT2D eigenvalue weighted by Gasteiger charge is 2.31. The van der Waals surface area contributed by atoms with Crippen molar-refractivity contribution in [1.82, 2.24) is 0 Å². The lowest BCUT2D eigenvalue weighted by Crippen LogP contribution is -2.15. The summed E-state index contributed by atoms with van der Waals surface area (Å²) in [5.41, 5.74) is -1.73. The number of ether oxygens (including phenoxy) is 1. The maximum absolute atomic E-state index is 12.7. The van der Waals surface area contributed by atoms with E-state index in [1.807, 2.05) is 4.72 Å². The van der Waals surface area contributed by atoms with E-state index in [0.717, 1.165) is 43.5 Å². The molecule has 2 aromatic carbocycles. The molecule has 7 nitrogen and oxygen atoms in total. The molecule has 0 spiro atoms. The Kier molecular flexibility index (Phi) is 4.88. The van der Waals surface area contributed by atoms with Crippen LogP contribution in [0, 0.1) is 10.1 Å².